The Balaban J connectivity index is 0.000000216. The number of H-pyrrole nitrogens is 2. The van der Waals surface area contributed by atoms with E-state index in [2.05, 4.69) is 39.3 Å². The molecule has 2 N–H and O–H groups in total. The van der Waals surface area contributed by atoms with Crippen molar-refractivity contribution in [3.8, 4) is 0 Å². The fourth-order valence-corrected chi connectivity index (χ4v) is 2.49. The Morgan fingerprint density at radius 2 is 1.16 bits per heavy atom. The summed E-state index contributed by atoms with van der Waals surface area (Å²) in [7, 11) is 0. The van der Waals surface area contributed by atoms with Gasteiger partial charge in [0.15, 0.2) is 0 Å². The molecule has 7 aromatic rings. The molecule has 0 aliphatic carbocycles. The van der Waals surface area contributed by atoms with Crippen LogP contribution in [-0.2, 0) is 0 Å². The molecule has 7 aromatic heterocycles. The largest absolute Gasteiger partial charge is 0.473 e. The number of nitrogens with zero attached hydrogens (tertiary/aromatic N) is 5. The van der Waals surface area contributed by atoms with Crippen molar-refractivity contribution in [3.63, 3.8) is 0 Å². The van der Waals surface area contributed by atoms with Gasteiger partial charge in [-0.15, -0.1) is 11.3 Å². The smallest absolute Gasteiger partial charge is 0.115 e. The molecule has 7 rings (SSSR count). The SMILES string of the molecule is c1c[nH]cn1.c1cc[nH]c1.c1ccncc1.c1ccoc1.c1ccsc1.c1cncnc1.c1cscn1. The third kappa shape index (κ3) is 25.8. The Bertz CT molecular complexity index is 830. The highest BCUT2D eigenvalue weighted by atomic mass is 32.1. The van der Waals surface area contributed by atoms with Gasteiger partial charge in [-0.05, 0) is 53.2 Å². The van der Waals surface area contributed by atoms with Gasteiger partial charge in [0.1, 0.15) is 6.33 Å². The molecule has 37 heavy (non-hydrogen) atoms. The van der Waals surface area contributed by atoms with E-state index in [-0.39, 0.29) is 0 Å². The number of thiophene rings is 1. The highest BCUT2D eigenvalue weighted by Crippen LogP contribution is 1.91. The normalized spacial score (nSPS) is 8.00. The van der Waals surface area contributed by atoms with Crippen molar-refractivity contribution in [1.82, 2.24) is 34.9 Å². The van der Waals surface area contributed by atoms with Crippen LogP contribution < -0.4 is 0 Å². The van der Waals surface area contributed by atoms with Crippen LogP contribution in [0.3, 0.4) is 0 Å². The molecule has 0 aliphatic heterocycles. The molecule has 0 spiro atoms. The van der Waals surface area contributed by atoms with Crippen LogP contribution in [0.1, 0.15) is 0 Å². The molecule has 190 valence electrons. The summed E-state index contributed by atoms with van der Waals surface area (Å²) in [4.78, 5) is 24.2. The molecule has 0 saturated carbocycles. The summed E-state index contributed by atoms with van der Waals surface area (Å²) < 4.78 is 4.58. The Labute approximate surface area is 224 Å². The summed E-state index contributed by atoms with van der Waals surface area (Å²) in [6.07, 6.45) is 22.2. The quantitative estimate of drug-likeness (QED) is 0.215. The molecule has 10 heteroatoms. The molecule has 0 aromatic carbocycles. The summed E-state index contributed by atoms with van der Waals surface area (Å²) in [6, 6.07) is 19.1. The van der Waals surface area contributed by atoms with Crippen LogP contribution in [0.5, 0.6) is 0 Å². The molecule has 0 aliphatic rings. The zero-order valence-corrected chi connectivity index (χ0v) is 21.7. The number of thiazole rings is 1. The van der Waals surface area contributed by atoms with Crippen LogP contribution >= 0.6 is 22.7 Å². The Morgan fingerprint density at radius 1 is 0.459 bits per heavy atom. The van der Waals surface area contributed by atoms with Gasteiger partial charge >= 0.3 is 0 Å². The first kappa shape index (κ1) is 30.4. The number of imidazole rings is 1. The minimum Gasteiger partial charge on any atom is -0.473 e. The minimum atomic E-state index is 1.50. The third-order valence-electron chi connectivity index (χ3n) is 3.14. The molecule has 0 fully saturated rings. The molecule has 0 saturated heterocycles. The van der Waals surface area contributed by atoms with Gasteiger partial charge in [0.2, 0.25) is 0 Å². The van der Waals surface area contributed by atoms with E-state index in [1.807, 2.05) is 83.1 Å². The topological polar surface area (TPSA) is 109 Å². The molecule has 8 nitrogen and oxygen atoms in total. The van der Waals surface area contributed by atoms with Gasteiger partial charge in [-0.2, -0.15) is 11.3 Å². The first-order chi connectivity index (χ1) is 18.5. The van der Waals surface area contributed by atoms with Crippen LogP contribution in [0.15, 0.2) is 168 Å². The summed E-state index contributed by atoms with van der Waals surface area (Å²) in [5, 5.41) is 6.01. The molecule has 0 bridgehead atoms. The average molecular weight is 532 g/mol. The van der Waals surface area contributed by atoms with Crippen molar-refractivity contribution in [3.05, 3.63) is 163 Å². The van der Waals surface area contributed by atoms with Crippen LogP contribution in [0.2, 0.25) is 0 Å². The van der Waals surface area contributed by atoms with E-state index >= 15 is 0 Å². The monoisotopic (exact) mass is 531 g/mol. The second kappa shape index (κ2) is 27.6. The van der Waals surface area contributed by atoms with E-state index < -0.39 is 0 Å². The van der Waals surface area contributed by atoms with E-state index in [0.29, 0.717) is 0 Å². The maximum atomic E-state index is 4.58. The van der Waals surface area contributed by atoms with Crippen LogP contribution in [0, 0.1) is 0 Å². The Morgan fingerprint density at radius 3 is 1.35 bits per heavy atom. The zero-order chi connectivity index (χ0) is 26.2. The minimum absolute atomic E-state index is 1.50. The number of aromatic amines is 2. The molecule has 0 amide bonds. The average Bonchev–Trinajstić information content (AvgIpc) is 3.84. The van der Waals surface area contributed by atoms with Gasteiger partial charge < -0.3 is 14.4 Å². The maximum Gasteiger partial charge on any atom is 0.115 e. The standard InChI is InChI=1S/C5H5N.C4H4N2.C4H5N.C4H4O.C4H4S.C3H4N2.C3H3NS/c1-2-4-6-5-3-1;1-2-5-4-6-3-1;3*1-2-4-5-3-1;2*1-2-5-3-4-1/h1-5H;1-4H;1-5H;2*1-4H;1-3H,(H,4,5);1-3H. The van der Waals surface area contributed by atoms with Crippen LogP contribution in [-0.4, -0.2) is 34.9 Å². The molecular weight excluding hydrogens is 502 g/mol. The molecule has 0 radical (unpaired) electrons. The highest BCUT2D eigenvalue weighted by molar-refractivity contribution is 7.07. The van der Waals surface area contributed by atoms with Crippen LogP contribution in [0.4, 0.5) is 0 Å². The van der Waals surface area contributed by atoms with E-state index in [1.165, 1.54) is 6.33 Å². The number of furan rings is 1. The lowest BCUT2D eigenvalue weighted by atomic mass is 10.5. The van der Waals surface area contributed by atoms with Crippen molar-refractivity contribution in [1.29, 1.82) is 0 Å². The number of aromatic nitrogens is 7. The number of rotatable bonds is 0. The van der Waals surface area contributed by atoms with E-state index in [9.17, 15) is 0 Å². The predicted octanol–water partition coefficient (Wildman–Crippen LogP) is 7.15. The van der Waals surface area contributed by atoms with Gasteiger partial charge in [-0.3, -0.25) is 9.97 Å². The molecular formula is C27H29N7OS2. The lowest BCUT2D eigenvalue weighted by molar-refractivity contribution is 0.567. The third-order valence-corrected chi connectivity index (χ3v) is 4.29. The lowest BCUT2D eigenvalue weighted by Gasteiger charge is -1.70. The predicted molar refractivity (Wildman–Crippen MR) is 151 cm³/mol. The summed E-state index contributed by atoms with van der Waals surface area (Å²) >= 11 is 3.31. The summed E-state index contributed by atoms with van der Waals surface area (Å²) in [5.41, 5.74) is 1.79. The number of hydrogen-bond acceptors (Lipinski definition) is 8. The molecule has 7 heterocycles. The number of pyridine rings is 1. The van der Waals surface area contributed by atoms with Gasteiger partial charge in [-0.1, -0.05) is 18.2 Å². The number of nitrogens with one attached hydrogen (secondary N) is 2. The van der Waals surface area contributed by atoms with E-state index in [4.69, 9.17) is 0 Å². The Kier molecular flexibility index (Phi) is 22.6. The fourth-order valence-electron chi connectivity index (χ4n) is 1.69. The fraction of sp³-hybridized carbons (Fsp3) is 0. The van der Waals surface area contributed by atoms with Gasteiger partial charge in [0.25, 0.3) is 0 Å². The first-order valence-corrected chi connectivity index (χ1v) is 12.7. The van der Waals surface area contributed by atoms with Crippen molar-refractivity contribution in [2.24, 2.45) is 0 Å². The van der Waals surface area contributed by atoms with Crippen molar-refractivity contribution in [2.45, 2.75) is 0 Å². The van der Waals surface area contributed by atoms with Crippen LogP contribution in [0.25, 0.3) is 0 Å². The summed E-state index contributed by atoms with van der Waals surface area (Å²) in [6.45, 7) is 0. The number of hydrogen-bond donors (Lipinski definition) is 2. The molecule has 0 atom stereocenters. The van der Waals surface area contributed by atoms with Crippen molar-refractivity contribution in [2.75, 3.05) is 0 Å². The lowest BCUT2D eigenvalue weighted by Crippen LogP contribution is -1.66. The first-order valence-electron chi connectivity index (χ1n) is 10.8. The van der Waals surface area contributed by atoms with E-state index in [1.54, 1.807) is 96.5 Å². The summed E-state index contributed by atoms with van der Waals surface area (Å²) in [5.74, 6) is 0. The highest BCUT2D eigenvalue weighted by Gasteiger charge is 1.61. The van der Waals surface area contributed by atoms with Gasteiger partial charge in [-0.25, -0.2) is 15.0 Å². The second-order valence-electron chi connectivity index (χ2n) is 5.84. The molecule has 0 unspecified atom stereocenters. The second-order valence-corrected chi connectivity index (χ2v) is 7.41. The van der Waals surface area contributed by atoms with Crippen molar-refractivity contribution < 1.29 is 4.42 Å². The van der Waals surface area contributed by atoms with E-state index in [0.717, 1.165) is 0 Å². The maximum absolute atomic E-state index is 4.58. The van der Waals surface area contributed by atoms with Gasteiger partial charge in [0, 0.05) is 61.2 Å². The van der Waals surface area contributed by atoms with Crippen molar-refractivity contribution >= 4 is 22.7 Å². The zero-order valence-electron chi connectivity index (χ0n) is 20.0. The Hall–Kier alpha value is -4.67. The van der Waals surface area contributed by atoms with Gasteiger partial charge in [0.05, 0.1) is 24.4 Å².